The van der Waals surface area contributed by atoms with Gasteiger partial charge >= 0.3 is 6.01 Å². The molecule has 9 nitrogen and oxygen atoms in total. The van der Waals surface area contributed by atoms with Crippen LogP contribution in [0.1, 0.15) is 16.1 Å². The second-order valence-corrected chi connectivity index (χ2v) is 7.47. The number of carbonyl (C=O) groups excluding carboxylic acids is 1. The summed E-state index contributed by atoms with van der Waals surface area (Å²) >= 11 is 0. The maximum atomic E-state index is 12.2. The van der Waals surface area contributed by atoms with Gasteiger partial charge < -0.3 is 4.42 Å². The maximum Gasteiger partial charge on any atom is 0.322 e. The van der Waals surface area contributed by atoms with E-state index in [1.165, 1.54) is 24.3 Å². The second-order valence-electron chi connectivity index (χ2n) is 5.46. The van der Waals surface area contributed by atoms with E-state index in [1.807, 2.05) is 6.92 Å². The highest BCUT2D eigenvalue weighted by Gasteiger charge is 2.16. The highest BCUT2D eigenvalue weighted by atomic mass is 32.2. The molecule has 0 aliphatic rings. The number of nitrogens with one attached hydrogen (secondary N) is 1. The van der Waals surface area contributed by atoms with E-state index in [0.717, 1.165) is 11.9 Å². The van der Waals surface area contributed by atoms with Gasteiger partial charge in [0.2, 0.25) is 0 Å². The van der Waals surface area contributed by atoms with Crippen LogP contribution in [0.2, 0.25) is 0 Å². The lowest BCUT2D eigenvalue weighted by atomic mass is 10.2. The molecular formula is C15H15N5O4S. The summed E-state index contributed by atoms with van der Waals surface area (Å²) in [5.74, 6) is -0.262. The minimum absolute atomic E-state index is 0.0638. The molecule has 1 N–H and O–H groups in total. The third-order valence-corrected chi connectivity index (χ3v) is 4.54. The van der Waals surface area contributed by atoms with Gasteiger partial charge in [0.15, 0.2) is 9.84 Å². The number of nitrogens with zero attached hydrogens (tertiary/aromatic N) is 4. The average molecular weight is 361 g/mol. The molecule has 25 heavy (non-hydrogen) atoms. The normalized spacial score (nSPS) is 11.5. The van der Waals surface area contributed by atoms with Crippen LogP contribution < -0.4 is 5.32 Å². The predicted octanol–water partition coefficient (Wildman–Crippen LogP) is 1.43. The summed E-state index contributed by atoms with van der Waals surface area (Å²) in [5, 5.41) is 14.3. The Morgan fingerprint density at radius 2 is 1.88 bits per heavy atom. The number of aryl methyl sites for hydroxylation is 2. The molecule has 0 bridgehead atoms. The summed E-state index contributed by atoms with van der Waals surface area (Å²) in [5.41, 5.74) is 1.69. The fourth-order valence-corrected chi connectivity index (χ4v) is 2.84. The van der Waals surface area contributed by atoms with Crippen LogP contribution in [0.4, 0.5) is 6.01 Å². The Balaban J connectivity index is 1.77. The van der Waals surface area contributed by atoms with Crippen molar-refractivity contribution in [1.29, 1.82) is 0 Å². The predicted molar refractivity (Wildman–Crippen MR) is 88.7 cm³/mol. The van der Waals surface area contributed by atoms with Crippen molar-refractivity contribution in [3.05, 3.63) is 41.6 Å². The first-order chi connectivity index (χ1) is 11.7. The molecule has 1 amide bonds. The lowest BCUT2D eigenvalue weighted by Crippen LogP contribution is -2.12. The van der Waals surface area contributed by atoms with Gasteiger partial charge in [-0.05, 0) is 37.3 Å². The Kier molecular flexibility index (Phi) is 4.13. The van der Waals surface area contributed by atoms with Crippen molar-refractivity contribution in [2.24, 2.45) is 7.05 Å². The van der Waals surface area contributed by atoms with Gasteiger partial charge in [-0.15, -0.1) is 5.10 Å². The zero-order chi connectivity index (χ0) is 18.2. The zero-order valence-corrected chi connectivity index (χ0v) is 14.5. The highest BCUT2D eigenvalue weighted by molar-refractivity contribution is 7.90. The van der Waals surface area contributed by atoms with Gasteiger partial charge in [0.05, 0.1) is 10.6 Å². The fourth-order valence-electron chi connectivity index (χ4n) is 2.21. The SMILES string of the molecule is Cc1cc(-c2nnc(NC(=O)c3ccc(S(C)(=O)=O)cc3)o2)n(C)n1. The molecular weight excluding hydrogens is 346 g/mol. The minimum atomic E-state index is -3.31. The monoisotopic (exact) mass is 361 g/mol. The van der Waals surface area contributed by atoms with Crippen molar-refractivity contribution >= 4 is 21.8 Å². The zero-order valence-electron chi connectivity index (χ0n) is 13.7. The van der Waals surface area contributed by atoms with E-state index >= 15 is 0 Å². The summed E-state index contributed by atoms with van der Waals surface area (Å²) in [6.45, 7) is 1.84. The number of sulfone groups is 1. The first-order valence-corrected chi connectivity index (χ1v) is 9.09. The molecule has 0 atom stereocenters. The Hall–Kier alpha value is -3.01. The van der Waals surface area contributed by atoms with Gasteiger partial charge in [-0.1, -0.05) is 5.10 Å². The van der Waals surface area contributed by atoms with Crippen molar-refractivity contribution in [2.45, 2.75) is 11.8 Å². The molecule has 3 rings (SSSR count). The number of amides is 1. The van der Waals surface area contributed by atoms with E-state index in [2.05, 4.69) is 20.6 Å². The van der Waals surface area contributed by atoms with Crippen molar-refractivity contribution in [3.63, 3.8) is 0 Å². The Morgan fingerprint density at radius 3 is 2.44 bits per heavy atom. The van der Waals surface area contributed by atoms with Gasteiger partial charge in [-0.3, -0.25) is 14.8 Å². The van der Waals surface area contributed by atoms with E-state index in [4.69, 9.17) is 4.42 Å². The molecule has 0 aliphatic heterocycles. The van der Waals surface area contributed by atoms with Gasteiger partial charge in [-0.2, -0.15) is 5.10 Å². The number of carbonyl (C=O) groups is 1. The Labute approximate surface area is 143 Å². The van der Waals surface area contributed by atoms with Crippen molar-refractivity contribution in [3.8, 4) is 11.6 Å². The van der Waals surface area contributed by atoms with Crippen LogP contribution in [0.25, 0.3) is 11.6 Å². The van der Waals surface area contributed by atoms with Crippen molar-refractivity contribution in [1.82, 2.24) is 20.0 Å². The first kappa shape index (κ1) is 16.8. The molecule has 0 radical (unpaired) electrons. The molecule has 1 aromatic carbocycles. The van der Waals surface area contributed by atoms with Crippen LogP contribution in [0.5, 0.6) is 0 Å². The lowest BCUT2D eigenvalue weighted by Gasteiger charge is -2.02. The largest absolute Gasteiger partial charge is 0.401 e. The number of aromatic nitrogens is 4. The molecule has 0 unspecified atom stereocenters. The van der Waals surface area contributed by atoms with Gasteiger partial charge in [0.25, 0.3) is 11.8 Å². The van der Waals surface area contributed by atoms with Crippen LogP contribution >= 0.6 is 0 Å². The van der Waals surface area contributed by atoms with Crippen molar-refractivity contribution in [2.75, 3.05) is 11.6 Å². The molecule has 0 spiro atoms. The standard InChI is InChI=1S/C15H15N5O4S/c1-9-8-12(20(2)19-9)14-17-18-15(24-14)16-13(21)10-4-6-11(7-5-10)25(3,22)23/h4-8H,1-3H3,(H,16,18,21). The summed E-state index contributed by atoms with van der Waals surface area (Å²) in [4.78, 5) is 12.3. The summed E-state index contributed by atoms with van der Waals surface area (Å²) in [7, 11) is -1.57. The van der Waals surface area contributed by atoms with Crippen LogP contribution in [0.3, 0.4) is 0 Å². The average Bonchev–Trinajstić information content (AvgIpc) is 3.12. The fraction of sp³-hybridized carbons (Fsp3) is 0.200. The number of rotatable bonds is 4. The molecule has 0 aliphatic carbocycles. The van der Waals surface area contributed by atoms with Crippen LogP contribution in [-0.4, -0.2) is 40.6 Å². The van der Waals surface area contributed by atoms with Gasteiger partial charge in [-0.25, -0.2) is 8.42 Å². The van der Waals surface area contributed by atoms with E-state index in [-0.39, 0.29) is 22.4 Å². The molecule has 130 valence electrons. The summed E-state index contributed by atoms with van der Waals surface area (Å²) in [6.07, 6.45) is 1.10. The number of anilines is 1. The van der Waals surface area contributed by atoms with Gasteiger partial charge in [0.1, 0.15) is 5.69 Å². The van der Waals surface area contributed by atoms with E-state index < -0.39 is 15.7 Å². The third-order valence-electron chi connectivity index (χ3n) is 3.41. The van der Waals surface area contributed by atoms with E-state index in [1.54, 1.807) is 17.8 Å². The smallest absolute Gasteiger partial charge is 0.322 e. The number of hydrogen-bond acceptors (Lipinski definition) is 7. The second kappa shape index (κ2) is 6.13. The molecule has 0 saturated heterocycles. The number of hydrogen-bond donors (Lipinski definition) is 1. The van der Waals surface area contributed by atoms with E-state index in [0.29, 0.717) is 5.69 Å². The maximum absolute atomic E-state index is 12.2. The first-order valence-electron chi connectivity index (χ1n) is 7.20. The summed E-state index contributed by atoms with van der Waals surface area (Å²) < 4.78 is 29.9. The molecule has 0 fully saturated rings. The molecule has 2 aromatic heterocycles. The Bertz CT molecular complexity index is 1030. The Morgan fingerprint density at radius 1 is 1.20 bits per heavy atom. The summed E-state index contributed by atoms with van der Waals surface area (Å²) in [6, 6.07) is 7.26. The van der Waals surface area contributed by atoms with Crippen LogP contribution in [0.15, 0.2) is 39.6 Å². The topological polar surface area (TPSA) is 120 Å². The minimum Gasteiger partial charge on any atom is -0.401 e. The highest BCUT2D eigenvalue weighted by Crippen LogP contribution is 2.20. The van der Waals surface area contributed by atoms with Crippen molar-refractivity contribution < 1.29 is 17.6 Å². The van der Waals surface area contributed by atoms with Crippen LogP contribution in [0, 0.1) is 6.92 Å². The van der Waals surface area contributed by atoms with Gasteiger partial charge in [0, 0.05) is 18.9 Å². The number of benzene rings is 1. The molecule has 2 heterocycles. The van der Waals surface area contributed by atoms with Crippen LogP contribution in [-0.2, 0) is 16.9 Å². The molecule has 10 heteroatoms. The lowest BCUT2D eigenvalue weighted by molar-refractivity contribution is 0.102. The molecule has 3 aromatic rings. The quantitative estimate of drug-likeness (QED) is 0.746. The van der Waals surface area contributed by atoms with E-state index in [9.17, 15) is 13.2 Å². The third kappa shape index (κ3) is 3.58. The molecule has 0 saturated carbocycles.